The summed E-state index contributed by atoms with van der Waals surface area (Å²) in [7, 11) is 0. The molecule has 18 heavy (non-hydrogen) atoms. The number of aliphatic imine (C=N–C) groups is 1. The van der Waals surface area contributed by atoms with E-state index in [2.05, 4.69) is 16.8 Å². The Morgan fingerprint density at radius 2 is 2.22 bits per heavy atom. The Bertz CT molecular complexity index is 424. The van der Waals surface area contributed by atoms with Crippen LogP contribution in [0.15, 0.2) is 29.3 Å². The first-order chi connectivity index (χ1) is 8.81. The highest BCUT2D eigenvalue weighted by molar-refractivity contribution is 5.50. The van der Waals surface area contributed by atoms with Gasteiger partial charge in [-0.05, 0) is 50.2 Å². The zero-order chi connectivity index (χ0) is 12.8. The van der Waals surface area contributed by atoms with Gasteiger partial charge in [-0.1, -0.05) is 6.92 Å². The quantitative estimate of drug-likeness (QED) is 0.605. The summed E-state index contributed by atoms with van der Waals surface area (Å²) in [6, 6.07) is 7.23. The highest BCUT2D eigenvalue weighted by Crippen LogP contribution is 2.21. The fourth-order valence-corrected chi connectivity index (χ4v) is 2.24. The molecule has 4 heteroatoms. The lowest BCUT2D eigenvalue weighted by Crippen LogP contribution is -2.40. The van der Waals surface area contributed by atoms with Gasteiger partial charge in [-0.25, -0.2) is 4.79 Å². The predicted molar refractivity (Wildman–Crippen MR) is 70.0 cm³/mol. The van der Waals surface area contributed by atoms with Crippen molar-refractivity contribution in [3.63, 3.8) is 0 Å². The van der Waals surface area contributed by atoms with E-state index < -0.39 is 0 Å². The molecule has 1 unspecified atom stereocenters. The second kappa shape index (κ2) is 6.34. The van der Waals surface area contributed by atoms with Crippen molar-refractivity contribution < 1.29 is 9.53 Å². The van der Waals surface area contributed by atoms with Crippen LogP contribution in [0.3, 0.4) is 0 Å². The maximum Gasteiger partial charge on any atom is 0.240 e. The summed E-state index contributed by atoms with van der Waals surface area (Å²) in [4.78, 5) is 16.1. The molecule has 1 aromatic rings. The third-order valence-electron chi connectivity index (χ3n) is 3.22. The molecule has 1 aliphatic heterocycles. The Labute approximate surface area is 107 Å². The highest BCUT2D eigenvalue weighted by atomic mass is 16.5. The molecule has 1 atom stereocenters. The van der Waals surface area contributed by atoms with Crippen molar-refractivity contribution in [3.8, 4) is 5.75 Å². The molecule has 96 valence electrons. The Morgan fingerprint density at radius 1 is 1.44 bits per heavy atom. The highest BCUT2D eigenvalue weighted by Gasteiger charge is 2.19. The molecular formula is C14H18N2O2. The van der Waals surface area contributed by atoms with Crippen molar-refractivity contribution in [2.24, 2.45) is 4.99 Å². The maximum atomic E-state index is 10.1. The average molecular weight is 246 g/mol. The van der Waals surface area contributed by atoms with E-state index in [0.29, 0.717) is 5.69 Å². The van der Waals surface area contributed by atoms with E-state index in [1.807, 2.05) is 12.1 Å². The topological polar surface area (TPSA) is 41.9 Å². The van der Waals surface area contributed by atoms with Gasteiger partial charge in [0, 0.05) is 6.54 Å². The van der Waals surface area contributed by atoms with Crippen LogP contribution in [0.1, 0.15) is 19.8 Å². The molecule has 0 radical (unpaired) electrons. The second-order valence-corrected chi connectivity index (χ2v) is 4.47. The number of ether oxygens (including phenoxy) is 1. The van der Waals surface area contributed by atoms with Crippen LogP contribution in [-0.2, 0) is 4.79 Å². The molecule has 4 nitrogen and oxygen atoms in total. The van der Waals surface area contributed by atoms with Crippen LogP contribution in [0.25, 0.3) is 0 Å². The zero-order valence-electron chi connectivity index (χ0n) is 10.6. The third kappa shape index (κ3) is 3.42. The first kappa shape index (κ1) is 12.8. The molecule has 0 N–H and O–H groups in total. The smallest absolute Gasteiger partial charge is 0.240 e. The van der Waals surface area contributed by atoms with Gasteiger partial charge < -0.3 is 4.74 Å². The standard InChI is InChI=1S/C14H18N2O2/c1-2-16-9-3-4-14(10-16)18-13-7-5-12(6-8-13)15-11-17/h5-8,14H,2-4,9-10H2,1H3. The third-order valence-corrected chi connectivity index (χ3v) is 3.22. The minimum atomic E-state index is 0.263. The molecule has 1 fully saturated rings. The number of isocyanates is 1. The van der Waals surface area contributed by atoms with Gasteiger partial charge in [-0.3, -0.25) is 4.90 Å². The van der Waals surface area contributed by atoms with Crippen LogP contribution >= 0.6 is 0 Å². The molecule has 0 aliphatic carbocycles. The first-order valence-corrected chi connectivity index (χ1v) is 6.38. The van der Waals surface area contributed by atoms with E-state index >= 15 is 0 Å². The van der Waals surface area contributed by atoms with Gasteiger partial charge in [0.05, 0.1) is 5.69 Å². The SMILES string of the molecule is CCN1CCCC(Oc2ccc(N=C=O)cc2)C1. The molecule has 0 saturated carbocycles. The number of carbonyl (C=O) groups excluding carboxylic acids is 1. The molecule has 1 aliphatic rings. The van der Waals surface area contributed by atoms with Gasteiger partial charge in [0.2, 0.25) is 6.08 Å². The Kier molecular flexibility index (Phi) is 4.51. The Morgan fingerprint density at radius 3 is 2.89 bits per heavy atom. The molecule has 0 spiro atoms. The minimum absolute atomic E-state index is 0.263. The number of nitrogens with zero attached hydrogens (tertiary/aromatic N) is 2. The monoisotopic (exact) mass is 246 g/mol. The maximum absolute atomic E-state index is 10.1. The molecule has 0 aromatic heterocycles. The van der Waals surface area contributed by atoms with Crippen LogP contribution in [0.5, 0.6) is 5.75 Å². The lowest BCUT2D eigenvalue weighted by Gasteiger charge is -2.31. The van der Waals surface area contributed by atoms with E-state index in [0.717, 1.165) is 25.3 Å². The fourth-order valence-electron chi connectivity index (χ4n) is 2.24. The van der Waals surface area contributed by atoms with Gasteiger partial charge in [0.25, 0.3) is 0 Å². The van der Waals surface area contributed by atoms with Crippen LogP contribution < -0.4 is 4.74 Å². The summed E-state index contributed by atoms with van der Waals surface area (Å²) in [6.07, 6.45) is 4.08. The fraction of sp³-hybridized carbons (Fsp3) is 0.500. The van der Waals surface area contributed by atoms with Crippen molar-refractivity contribution in [2.75, 3.05) is 19.6 Å². The van der Waals surface area contributed by atoms with E-state index in [4.69, 9.17) is 4.74 Å². The van der Waals surface area contributed by atoms with Gasteiger partial charge in [-0.15, -0.1) is 0 Å². The first-order valence-electron chi connectivity index (χ1n) is 6.38. The van der Waals surface area contributed by atoms with Crippen LogP contribution in [0.2, 0.25) is 0 Å². The van der Waals surface area contributed by atoms with Crippen molar-refractivity contribution in [1.29, 1.82) is 0 Å². The summed E-state index contributed by atoms with van der Waals surface area (Å²) in [5.41, 5.74) is 0.608. The van der Waals surface area contributed by atoms with E-state index in [-0.39, 0.29) is 6.10 Å². The van der Waals surface area contributed by atoms with Gasteiger partial charge >= 0.3 is 0 Å². The minimum Gasteiger partial charge on any atom is -0.489 e. The largest absolute Gasteiger partial charge is 0.489 e. The number of likely N-dealkylation sites (tertiary alicyclic amines) is 1. The second-order valence-electron chi connectivity index (χ2n) is 4.47. The van der Waals surface area contributed by atoms with E-state index in [1.54, 1.807) is 12.1 Å². The summed E-state index contributed by atoms with van der Waals surface area (Å²) >= 11 is 0. The number of piperidine rings is 1. The van der Waals surface area contributed by atoms with Crippen LogP contribution in [0, 0.1) is 0 Å². The molecule has 1 saturated heterocycles. The number of rotatable bonds is 4. The predicted octanol–water partition coefficient (Wildman–Crippen LogP) is 2.52. The average Bonchev–Trinajstić information content (AvgIpc) is 2.42. The summed E-state index contributed by atoms with van der Waals surface area (Å²) < 4.78 is 5.94. The Hall–Kier alpha value is -1.64. The number of hydrogen-bond donors (Lipinski definition) is 0. The van der Waals surface area contributed by atoms with Crippen LogP contribution in [-0.4, -0.2) is 36.7 Å². The van der Waals surface area contributed by atoms with Crippen LogP contribution in [0.4, 0.5) is 5.69 Å². The number of likely N-dealkylation sites (N-methyl/N-ethyl adjacent to an activating group) is 1. The summed E-state index contributed by atoms with van der Waals surface area (Å²) in [5, 5.41) is 0. The van der Waals surface area contributed by atoms with Gasteiger partial charge in [0.15, 0.2) is 0 Å². The van der Waals surface area contributed by atoms with Crippen molar-refractivity contribution >= 4 is 11.8 Å². The van der Waals surface area contributed by atoms with Gasteiger partial charge in [0.1, 0.15) is 11.9 Å². The summed E-state index contributed by atoms with van der Waals surface area (Å²) in [6.45, 7) is 5.41. The van der Waals surface area contributed by atoms with Crippen molar-refractivity contribution in [2.45, 2.75) is 25.9 Å². The van der Waals surface area contributed by atoms with Crippen molar-refractivity contribution in [1.82, 2.24) is 4.90 Å². The lowest BCUT2D eigenvalue weighted by atomic mass is 10.1. The van der Waals surface area contributed by atoms with E-state index in [9.17, 15) is 4.79 Å². The number of hydrogen-bond acceptors (Lipinski definition) is 4. The van der Waals surface area contributed by atoms with Gasteiger partial charge in [-0.2, -0.15) is 4.99 Å². The Balaban J connectivity index is 1.94. The summed E-state index contributed by atoms with van der Waals surface area (Å²) in [5.74, 6) is 0.836. The molecule has 2 rings (SSSR count). The normalized spacial score (nSPS) is 20.2. The molecule has 0 bridgehead atoms. The molecule has 1 aromatic carbocycles. The zero-order valence-corrected chi connectivity index (χ0v) is 10.6. The van der Waals surface area contributed by atoms with Crippen molar-refractivity contribution in [3.05, 3.63) is 24.3 Å². The van der Waals surface area contributed by atoms with E-state index in [1.165, 1.54) is 19.0 Å². The molecule has 0 amide bonds. The lowest BCUT2D eigenvalue weighted by molar-refractivity contribution is 0.0920. The molecular weight excluding hydrogens is 228 g/mol. The molecule has 1 heterocycles. The number of benzene rings is 1.